The monoisotopic (exact) mass is 494 g/mol. The Morgan fingerprint density at radius 3 is 2.56 bits per heavy atom. The molecular formula is C24H13ClF2N4O2S. The van der Waals surface area contributed by atoms with Gasteiger partial charge in [-0.1, -0.05) is 17.7 Å². The van der Waals surface area contributed by atoms with Crippen LogP contribution in [0.5, 0.6) is 0 Å². The fourth-order valence-electron chi connectivity index (χ4n) is 3.03. The molecule has 34 heavy (non-hydrogen) atoms. The van der Waals surface area contributed by atoms with Gasteiger partial charge >= 0.3 is 0 Å². The van der Waals surface area contributed by atoms with Gasteiger partial charge in [0.25, 0.3) is 11.5 Å². The quantitative estimate of drug-likeness (QED) is 0.471. The van der Waals surface area contributed by atoms with Crippen LogP contribution in [0.4, 0.5) is 14.5 Å². The Bertz CT molecular complexity index is 1610. The highest BCUT2D eigenvalue weighted by molar-refractivity contribution is 7.07. The summed E-state index contributed by atoms with van der Waals surface area (Å²) in [5.74, 6) is -2.00. The molecule has 0 unspecified atom stereocenters. The van der Waals surface area contributed by atoms with Gasteiger partial charge in [-0.25, -0.2) is 8.78 Å². The molecule has 0 atom stereocenters. The fourth-order valence-corrected chi connectivity index (χ4v) is 4.30. The molecule has 2 aromatic heterocycles. The van der Waals surface area contributed by atoms with Crippen LogP contribution >= 0.6 is 22.9 Å². The number of halogens is 3. The normalized spacial score (nSPS) is 12.2. The standard InChI is InChI=1S/C24H13ClF2N4O2S/c25-19-11-16(6-9-20(19)27)30-22(32)18(13-28)24-31(17-7-4-14(26)5-8-17)23(33)21(34-24)12-15-3-1-2-10-29-15/h1-12H,(H,30,32)/b21-12+,24-18-. The second kappa shape index (κ2) is 9.79. The van der Waals surface area contributed by atoms with Gasteiger partial charge in [-0.3, -0.25) is 19.1 Å². The number of anilines is 1. The van der Waals surface area contributed by atoms with Gasteiger partial charge in [0.05, 0.1) is 20.9 Å². The minimum Gasteiger partial charge on any atom is -0.321 e. The molecule has 0 bridgehead atoms. The number of nitrogens with zero attached hydrogens (tertiary/aromatic N) is 3. The number of amides is 1. The molecule has 6 nitrogen and oxygen atoms in total. The number of nitriles is 1. The first-order valence-corrected chi connectivity index (χ1v) is 10.9. The number of benzene rings is 2. The van der Waals surface area contributed by atoms with Gasteiger partial charge in [-0.05, 0) is 60.7 Å². The lowest BCUT2D eigenvalue weighted by molar-refractivity contribution is -0.111. The Labute approximate surface area is 200 Å². The van der Waals surface area contributed by atoms with Crippen molar-refractivity contribution < 1.29 is 13.6 Å². The maximum atomic E-state index is 13.5. The van der Waals surface area contributed by atoms with Crippen molar-refractivity contribution in [1.29, 1.82) is 5.26 Å². The smallest absolute Gasteiger partial charge is 0.273 e. The van der Waals surface area contributed by atoms with Crippen LogP contribution in [0.15, 0.2) is 71.7 Å². The number of thiazole rings is 1. The summed E-state index contributed by atoms with van der Waals surface area (Å²) < 4.78 is 28.3. The van der Waals surface area contributed by atoms with E-state index in [-0.39, 0.29) is 31.2 Å². The van der Waals surface area contributed by atoms with E-state index in [1.54, 1.807) is 24.4 Å². The molecule has 0 spiro atoms. The van der Waals surface area contributed by atoms with Crippen molar-refractivity contribution >= 4 is 46.2 Å². The predicted octanol–water partition coefficient (Wildman–Crippen LogP) is 3.37. The topological polar surface area (TPSA) is 87.8 Å². The summed E-state index contributed by atoms with van der Waals surface area (Å²) in [4.78, 5) is 30.4. The zero-order valence-corrected chi connectivity index (χ0v) is 18.7. The van der Waals surface area contributed by atoms with Gasteiger partial charge < -0.3 is 5.32 Å². The van der Waals surface area contributed by atoms with E-state index in [0.717, 1.165) is 34.1 Å². The van der Waals surface area contributed by atoms with Crippen LogP contribution in [-0.2, 0) is 4.79 Å². The van der Waals surface area contributed by atoms with Crippen LogP contribution < -0.4 is 20.1 Å². The van der Waals surface area contributed by atoms with Crippen molar-refractivity contribution in [2.75, 3.05) is 5.32 Å². The van der Waals surface area contributed by atoms with E-state index < -0.39 is 23.1 Å². The van der Waals surface area contributed by atoms with E-state index in [4.69, 9.17) is 11.6 Å². The average molecular weight is 495 g/mol. The number of nitrogens with one attached hydrogen (secondary N) is 1. The molecule has 2 aromatic carbocycles. The summed E-state index contributed by atoms with van der Waals surface area (Å²) in [7, 11) is 0. The molecule has 1 amide bonds. The molecule has 2 heterocycles. The molecule has 4 rings (SSSR count). The molecule has 0 aliphatic carbocycles. The predicted molar refractivity (Wildman–Crippen MR) is 126 cm³/mol. The first kappa shape index (κ1) is 23.0. The molecule has 0 fully saturated rings. The molecule has 0 aliphatic rings. The average Bonchev–Trinajstić information content (AvgIpc) is 3.13. The fraction of sp³-hybridized carbons (Fsp3) is 0. The molecule has 4 aromatic rings. The molecule has 0 radical (unpaired) electrons. The molecule has 0 saturated heterocycles. The highest BCUT2D eigenvalue weighted by atomic mass is 35.5. The lowest BCUT2D eigenvalue weighted by atomic mass is 10.2. The zero-order valence-electron chi connectivity index (χ0n) is 17.1. The number of rotatable bonds is 4. The summed E-state index contributed by atoms with van der Waals surface area (Å²) in [6, 6.07) is 15.6. The van der Waals surface area contributed by atoms with Crippen molar-refractivity contribution in [3.8, 4) is 11.8 Å². The van der Waals surface area contributed by atoms with Crippen molar-refractivity contribution in [3.63, 3.8) is 0 Å². The number of carbonyl (C=O) groups is 1. The van der Waals surface area contributed by atoms with Crippen molar-refractivity contribution in [2.45, 2.75) is 0 Å². The van der Waals surface area contributed by atoms with Crippen LogP contribution in [0.3, 0.4) is 0 Å². The van der Waals surface area contributed by atoms with Gasteiger partial charge in [0.1, 0.15) is 22.4 Å². The Balaban J connectivity index is 1.94. The van der Waals surface area contributed by atoms with Crippen LogP contribution in [0, 0.1) is 23.0 Å². The molecule has 10 heteroatoms. The lowest BCUT2D eigenvalue weighted by Crippen LogP contribution is -2.32. The van der Waals surface area contributed by atoms with Gasteiger partial charge in [-0.15, -0.1) is 11.3 Å². The first-order chi connectivity index (χ1) is 16.4. The van der Waals surface area contributed by atoms with E-state index >= 15 is 0 Å². The van der Waals surface area contributed by atoms with Gasteiger partial charge in [0, 0.05) is 11.9 Å². The van der Waals surface area contributed by atoms with E-state index in [1.807, 2.05) is 6.07 Å². The SMILES string of the molecule is N#C/C(C(=O)Nc1ccc(F)c(Cl)c1)=c1/s/c(=C/c2ccccn2)c(=O)n1-c1ccc(F)cc1. The second-order valence-electron chi connectivity index (χ2n) is 6.86. The third-order valence-electron chi connectivity index (χ3n) is 4.61. The highest BCUT2D eigenvalue weighted by Crippen LogP contribution is 2.19. The number of hydrogen-bond acceptors (Lipinski definition) is 5. The van der Waals surface area contributed by atoms with Crippen LogP contribution in [-0.4, -0.2) is 15.5 Å². The third-order valence-corrected chi connectivity index (χ3v) is 5.99. The second-order valence-corrected chi connectivity index (χ2v) is 8.30. The number of pyridine rings is 1. The number of hydrogen-bond donors (Lipinski definition) is 1. The van der Waals surface area contributed by atoms with Crippen molar-refractivity contribution in [3.05, 3.63) is 109 Å². The van der Waals surface area contributed by atoms with Crippen LogP contribution in [0.25, 0.3) is 17.3 Å². The molecule has 1 N–H and O–H groups in total. The Morgan fingerprint density at radius 2 is 1.91 bits per heavy atom. The number of carbonyl (C=O) groups excluding carboxylic acids is 1. The van der Waals surface area contributed by atoms with Crippen molar-refractivity contribution in [2.24, 2.45) is 0 Å². The van der Waals surface area contributed by atoms with E-state index in [9.17, 15) is 23.6 Å². The first-order valence-electron chi connectivity index (χ1n) is 9.69. The van der Waals surface area contributed by atoms with Crippen LogP contribution in [0.1, 0.15) is 5.69 Å². The minimum atomic E-state index is -0.827. The van der Waals surface area contributed by atoms with Crippen molar-refractivity contribution in [1.82, 2.24) is 9.55 Å². The van der Waals surface area contributed by atoms with Gasteiger partial charge in [0.2, 0.25) is 0 Å². The number of aromatic nitrogens is 2. The maximum absolute atomic E-state index is 13.5. The van der Waals surface area contributed by atoms with Gasteiger partial charge in [-0.2, -0.15) is 5.26 Å². The molecule has 0 aliphatic heterocycles. The van der Waals surface area contributed by atoms with Gasteiger partial charge in [0.15, 0.2) is 5.57 Å². The molecular weight excluding hydrogens is 482 g/mol. The van der Waals surface area contributed by atoms with E-state index in [1.165, 1.54) is 30.3 Å². The maximum Gasteiger partial charge on any atom is 0.273 e. The summed E-state index contributed by atoms with van der Waals surface area (Å²) in [5, 5.41) is 12.1. The third kappa shape index (κ3) is 4.78. The minimum absolute atomic E-state index is 0.0343. The molecule has 0 saturated carbocycles. The summed E-state index contributed by atoms with van der Waals surface area (Å²) in [6.45, 7) is 0. The van der Waals surface area contributed by atoms with E-state index in [2.05, 4.69) is 10.3 Å². The lowest BCUT2D eigenvalue weighted by Gasteiger charge is -2.06. The molecule has 168 valence electrons. The van der Waals surface area contributed by atoms with E-state index in [0.29, 0.717) is 5.69 Å². The Kier molecular flexibility index (Phi) is 6.63. The summed E-state index contributed by atoms with van der Waals surface area (Å²) in [6.07, 6.45) is 3.09. The zero-order chi connectivity index (χ0) is 24.2. The largest absolute Gasteiger partial charge is 0.321 e. The Hall–Kier alpha value is -4.13. The summed E-state index contributed by atoms with van der Waals surface area (Å²) in [5.41, 5.74) is 0.0538. The Morgan fingerprint density at radius 1 is 1.15 bits per heavy atom. The highest BCUT2D eigenvalue weighted by Gasteiger charge is 2.18. The summed E-state index contributed by atoms with van der Waals surface area (Å²) >= 11 is 6.68. The van der Waals surface area contributed by atoms with Crippen LogP contribution in [0.2, 0.25) is 5.02 Å².